The Balaban J connectivity index is 0. The van der Waals surface area contributed by atoms with Crippen molar-refractivity contribution < 1.29 is 47.6 Å². The van der Waals surface area contributed by atoms with Gasteiger partial charge in [-0.25, -0.2) is 8.42 Å². The van der Waals surface area contributed by atoms with Gasteiger partial charge in [-0.05, 0) is 12.8 Å². The SMILES string of the molecule is CCCCCCCCCCC(C(O)CCCCCCCCC)S(=O)(=O)[O-].[Na+]. The Bertz CT molecular complexity index is 401. The quantitative estimate of drug-likeness (QED) is 0.200. The van der Waals surface area contributed by atoms with Gasteiger partial charge < -0.3 is 9.66 Å². The Hall–Kier alpha value is 0.870. The molecule has 6 heteroatoms. The van der Waals surface area contributed by atoms with Crippen LogP contribution in [-0.4, -0.2) is 29.4 Å². The summed E-state index contributed by atoms with van der Waals surface area (Å²) in [5.41, 5.74) is 0. The number of rotatable bonds is 19. The summed E-state index contributed by atoms with van der Waals surface area (Å²) in [6.07, 6.45) is 16.5. The molecule has 1 N–H and O–H groups in total. The molecule has 2 atom stereocenters. The molecule has 158 valence electrons. The van der Waals surface area contributed by atoms with Crippen molar-refractivity contribution >= 4 is 10.1 Å². The van der Waals surface area contributed by atoms with E-state index in [-0.39, 0.29) is 29.6 Å². The number of hydrogen-bond donors (Lipinski definition) is 1. The van der Waals surface area contributed by atoms with E-state index in [0.29, 0.717) is 19.3 Å². The van der Waals surface area contributed by atoms with Gasteiger partial charge in [-0.15, -0.1) is 0 Å². The van der Waals surface area contributed by atoms with E-state index in [2.05, 4.69) is 13.8 Å². The second-order valence-electron chi connectivity index (χ2n) is 7.77. The van der Waals surface area contributed by atoms with Gasteiger partial charge in [0.2, 0.25) is 0 Å². The van der Waals surface area contributed by atoms with Gasteiger partial charge in [0.15, 0.2) is 0 Å². The second-order valence-corrected chi connectivity index (χ2v) is 9.36. The fourth-order valence-corrected chi connectivity index (χ4v) is 4.48. The molecule has 2 unspecified atom stereocenters. The minimum Gasteiger partial charge on any atom is -0.748 e. The molecule has 0 aromatic rings. The molecule has 0 heterocycles. The molecule has 0 aliphatic rings. The zero-order valence-electron chi connectivity index (χ0n) is 18.3. The molecule has 0 amide bonds. The van der Waals surface area contributed by atoms with Gasteiger partial charge in [-0.3, -0.25) is 0 Å². The van der Waals surface area contributed by atoms with E-state index in [9.17, 15) is 18.1 Å². The number of aliphatic hydroxyl groups excluding tert-OH is 1. The Morgan fingerprint density at radius 3 is 1.37 bits per heavy atom. The van der Waals surface area contributed by atoms with Crippen LogP contribution in [0.3, 0.4) is 0 Å². The monoisotopic (exact) mass is 414 g/mol. The molecule has 0 aliphatic heterocycles. The number of aliphatic hydroxyl groups is 1. The third-order valence-electron chi connectivity index (χ3n) is 5.25. The second kappa shape index (κ2) is 20.2. The van der Waals surface area contributed by atoms with Crippen molar-refractivity contribution in [3.05, 3.63) is 0 Å². The van der Waals surface area contributed by atoms with Crippen molar-refractivity contribution in [2.75, 3.05) is 0 Å². The Morgan fingerprint density at radius 2 is 1.00 bits per heavy atom. The van der Waals surface area contributed by atoms with Gasteiger partial charge >= 0.3 is 29.6 Å². The Labute approximate surface area is 191 Å². The predicted molar refractivity (Wildman–Crippen MR) is 109 cm³/mol. The maximum Gasteiger partial charge on any atom is 1.00 e. The normalized spacial score (nSPS) is 13.9. The minimum absolute atomic E-state index is 0. The van der Waals surface area contributed by atoms with Gasteiger partial charge in [-0.1, -0.05) is 110 Å². The first kappa shape index (κ1) is 30.1. The molecule has 0 radical (unpaired) electrons. The van der Waals surface area contributed by atoms with Crippen LogP contribution in [0.15, 0.2) is 0 Å². The van der Waals surface area contributed by atoms with Crippen molar-refractivity contribution in [1.29, 1.82) is 0 Å². The van der Waals surface area contributed by atoms with Crippen LogP contribution >= 0.6 is 0 Å². The molecule has 27 heavy (non-hydrogen) atoms. The summed E-state index contributed by atoms with van der Waals surface area (Å²) < 4.78 is 34.5. The third kappa shape index (κ3) is 18.6. The Morgan fingerprint density at radius 1 is 0.667 bits per heavy atom. The average Bonchev–Trinajstić information content (AvgIpc) is 2.58. The van der Waals surface area contributed by atoms with E-state index in [4.69, 9.17) is 0 Å². The third-order valence-corrected chi connectivity index (χ3v) is 6.54. The smallest absolute Gasteiger partial charge is 0.748 e. The van der Waals surface area contributed by atoms with Crippen LogP contribution in [0, 0.1) is 0 Å². The van der Waals surface area contributed by atoms with Gasteiger partial charge in [0.1, 0.15) is 10.1 Å². The van der Waals surface area contributed by atoms with Crippen molar-refractivity contribution in [1.82, 2.24) is 0 Å². The molecule has 0 spiro atoms. The van der Waals surface area contributed by atoms with Crippen molar-refractivity contribution in [2.24, 2.45) is 0 Å². The van der Waals surface area contributed by atoms with Crippen LogP contribution in [-0.2, 0) is 10.1 Å². The molecule has 0 aromatic heterocycles. The molecule has 0 saturated carbocycles. The van der Waals surface area contributed by atoms with Gasteiger partial charge in [0, 0.05) is 0 Å². The first-order valence-corrected chi connectivity index (χ1v) is 12.5. The van der Waals surface area contributed by atoms with Crippen LogP contribution in [0.5, 0.6) is 0 Å². The minimum atomic E-state index is -4.42. The summed E-state index contributed by atoms with van der Waals surface area (Å²) in [7, 11) is -4.42. The van der Waals surface area contributed by atoms with Crippen LogP contribution in [0.25, 0.3) is 0 Å². The van der Waals surface area contributed by atoms with Crippen LogP contribution in [0.4, 0.5) is 0 Å². The Kier molecular flexibility index (Phi) is 22.4. The summed E-state index contributed by atoms with van der Waals surface area (Å²) in [6, 6.07) is 0. The summed E-state index contributed by atoms with van der Waals surface area (Å²) >= 11 is 0. The van der Waals surface area contributed by atoms with Crippen molar-refractivity contribution in [3.8, 4) is 0 Å². The van der Waals surface area contributed by atoms with Gasteiger partial charge in [0.05, 0.1) is 11.4 Å². The van der Waals surface area contributed by atoms with Gasteiger partial charge in [0.25, 0.3) is 0 Å². The summed E-state index contributed by atoms with van der Waals surface area (Å²) in [5.74, 6) is 0. The van der Waals surface area contributed by atoms with E-state index < -0.39 is 21.5 Å². The molecule has 0 bridgehead atoms. The largest absolute Gasteiger partial charge is 1.00 e. The van der Waals surface area contributed by atoms with E-state index >= 15 is 0 Å². The average molecular weight is 415 g/mol. The summed E-state index contributed by atoms with van der Waals surface area (Å²) in [5, 5.41) is 9.08. The zero-order chi connectivity index (χ0) is 19.7. The van der Waals surface area contributed by atoms with Crippen LogP contribution in [0.1, 0.15) is 123 Å². The fourth-order valence-electron chi connectivity index (χ4n) is 3.50. The molecule has 0 saturated heterocycles. The van der Waals surface area contributed by atoms with E-state index in [1.807, 2.05) is 0 Å². The van der Waals surface area contributed by atoms with Crippen LogP contribution in [0.2, 0.25) is 0 Å². The zero-order valence-corrected chi connectivity index (χ0v) is 21.1. The molecule has 0 rings (SSSR count). The molecule has 0 aromatic carbocycles. The van der Waals surface area contributed by atoms with E-state index in [1.165, 1.54) is 57.8 Å². The first-order valence-electron chi connectivity index (χ1n) is 11.1. The topological polar surface area (TPSA) is 77.4 Å². The summed E-state index contributed by atoms with van der Waals surface area (Å²) in [4.78, 5) is 0. The van der Waals surface area contributed by atoms with Crippen molar-refractivity contribution in [2.45, 2.75) is 134 Å². The maximum atomic E-state index is 11.5. The molecule has 0 aliphatic carbocycles. The van der Waals surface area contributed by atoms with Crippen molar-refractivity contribution in [3.63, 3.8) is 0 Å². The predicted octanol–water partition coefficient (Wildman–Crippen LogP) is 2.94. The fraction of sp³-hybridized carbons (Fsp3) is 1.00. The molecule has 0 fully saturated rings. The number of hydrogen-bond acceptors (Lipinski definition) is 4. The molecule has 4 nitrogen and oxygen atoms in total. The summed E-state index contributed by atoms with van der Waals surface area (Å²) in [6.45, 7) is 4.38. The molecular formula is C21H43NaO4S. The maximum absolute atomic E-state index is 11.5. The number of unbranched alkanes of at least 4 members (excludes halogenated alkanes) is 13. The first-order chi connectivity index (χ1) is 12.4. The van der Waals surface area contributed by atoms with E-state index in [0.717, 1.165) is 32.1 Å². The van der Waals surface area contributed by atoms with E-state index in [1.54, 1.807) is 0 Å². The van der Waals surface area contributed by atoms with Crippen LogP contribution < -0.4 is 29.6 Å². The molecular weight excluding hydrogens is 371 g/mol. The standard InChI is InChI=1S/C21H44O4S.Na/c1-3-5-7-9-11-13-15-17-19-21(26(23,24)25)20(22)18-16-14-12-10-8-6-4-2;/h20-22H,3-19H2,1-2H3,(H,23,24,25);/q;+1/p-1. The van der Waals surface area contributed by atoms with Gasteiger partial charge in [-0.2, -0.15) is 0 Å².